The number of allylic oxidation sites excluding steroid dienone is 1. The van der Waals surface area contributed by atoms with E-state index in [2.05, 4.69) is 0 Å². The van der Waals surface area contributed by atoms with Crippen LogP contribution in [0, 0.1) is 15.9 Å². The lowest BCUT2D eigenvalue weighted by Gasteiger charge is -2.00. The molecular weight excluding hydrogens is 217 g/mol. The summed E-state index contributed by atoms with van der Waals surface area (Å²) in [5, 5.41) is 10.4. The number of rotatable bonds is 2. The quantitative estimate of drug-likeness (QED) is 0.571. The van der Waals surface area contributed by atoms with Gasteiger partial charge in [0, 0.05) is 24.6 Å². The Morgan fingerprint density at radius 3 is 2.75 bits per heavy atom. The predicted octanol–water partition coefficient (Wildman–Crippen LogP) is 2.19. The Balaban J connectivity index is 2.43. The first-order valence-corrected chi connectivity index (χ1v) is 4.50. The van der Waals surface area contributed by atoms with Gasteiger partial charge in [0.05, 0.1) is 4.92 Å². The number of hydrogen-bond acceptors (Lipinski definition) is 4. The van der Waals surface area contributed by atoms with Crippen molar-refractivity contribution in [3.8, 4) is 11.5 Å². The van der Waals surface area contributed by atoms with Crippen molar-refractivity contribution < 1.29 is 18.8 Å². The maximum absolute atomic E-state index is 13.5. The molecule has 6 heteroatoms. The molecule has 0 aliphatic carbocycles. The number of nitro groups is 1. The molecule has 0 fully saturated rings. The van der Waals surface area contributed by atoms with Crippen molar-refractivity contribution in [3.63, 3.8) is 0 Å². The van der Waals surface area contributed by atoms with Gasteiger partial charge in [-0.2, -0.15) is 0 Å². The Labute approximate surface area is 90.2 Å². The van der Waals surface area contributed by atoms with Gasteiger partial charge in [-0.3, -0.25) is 10.1 Å². The fourth-order valence-electron chi connectivity index (χ4n) is 1.32. The summed E-state index contributed by atoms with van der Waals surface area (Å²) >= 11 is 0. The van der Waals surface area contributed by atoms with E-state index in [1.165, 1.54) is 13.0 Å². The van der Waals surface area contributed by atoms with E-state index in [0.717, 1.165) is 12.1 Å². The molecule has 0 unspecified atom stereocenters. The van der Waals surface area contributed by atoms with E-state index < -0.39 is 10.7 Å². The average Bonchev–Trinajstić information content (AvgIpc) is 2.65. The second-order valence-electron chi connectivity index (χ2n) is 3.27. The molecule has 0 radical (unpaired) electrons. The third-order valence-electron chi connectivity index (χ3n) is 2.14. The molecule has 0 N–H and O–H groups in total. The van der Waals surface area contributed by atoms with E-state index >= 15 is 0 Å². The molecule has 84 valence electrons. The highest BCUT2D eigenvalue weighted by molar-refractivity contribution is 5.58. The van der Waals surface area contributed by atoms with Gasteiger partial charge in [-0.1, -0.05) is 0 Å². The van der Waals surface area contributed by atoms with E-state index in [0.29, 0.717) is 11.5 Å². The summed E-state index contributed by atoms with van der Waals surface area (Å²) < 4.78 is 23.5. The molecule has 1 heterocycles. The first kappa shape index (κ1) is 10.4. The molecule has 1 aliphatic heterocycles. The van der Waals surface area contributed by atoms with Crippen molar-refractivity contribution in [1.29, 1.82) is 0 Å². The highest BCUT2D eigenvalue weighted by atomic mass is 19.1. The Morgan fingerprint density at radius 2 is 2.12 bits per heavy atom. The first-order valence-electron chi connectivity index (χ1n) is 4.50. The summed E-state index contributed by atoms with van der Waals surface area (Å²) in [7, 11) is 0. The van der Waals surface area contributed by atoms with Crippen LogP contribution in [-0.2, 0) is 0 Å². The third kappa shape index (κ3) is 1.81. The van der Waals surface area contributed by atoms with Crippen molar-refractivity contribution in [2.75, 3.05) is 6.79 Å². The molecule has 0 spiro atoms. The molecule has 2 rings (SSSR count). The molecule has 5 nitrogen and oxygen atoms in total. The van der Waals surface area contributed by atoms with Gasteiger partial charge in [-0.05, 0) is 6.07 Å². The molecule has 0 amide bonds. The molecular formula is C10H8FNO4. The second-order valence-corrected chi connectivity index (χ2v) is 3.27. The van der Waals surface area contributed by atoms with Crippen LogP contribution >= 0.6 is 0 Å². The minimum absolute atomic E-state index is 0.0379. The standard InChI is InChI=1S/C10H8FNO4/c1-6(12(13)14)2-7-3-9-10(4-8(7)11)16-5-15-9/h2-4H,5H2,1H3/b6-2+. The predicted molar refractivity (Wildman–Crippen MR) is 53.2 cm³/mol. The lowest BCUT2D eigenvalue weighted by Crippen LogP contribution is -1.94. The number of nitrogens with zero attached hydrogens (tertiary/aromatic N) is 1. The fourth-order valence-corrected chi connectivity index (χ4v) is 1.32. The van der Waals surface area contributed by atoms with Gasteiger partial charge < -0.3 is 9.47 Å². The topological polar surface area (TPSA) is 61.6 Å². The maximum Gasteiger partial charge on any atom is 0.243 e. The van der Waals surface area contributed by atoms with Gasteiger partial charge in [0.15, 0.2) is 11.5 Å². The van der Waals surface area contributed by atoms with Crippen LogP contribution in [-0.4, -0.2) is 11.7 Å². The Morgan fingerprint density at radius 1 is 1.50 bits per heavy atom. The molecule has 0 saturated heterocycles. The van der Waals surface area contributed by atoms with E-state index in [9.17, 15) is 14.5 Å². The van der Waals surface area contributed by atoms with Crippen LogP contribution < -0.4 is 9.47 Å². The van der Waals surface area contributed by atoms with E-state index in [-0.39, 0.29) is 18.1 Å². The van der Waals surface area contributed by atoms with Crippen molar-refractivity contribution in [2.24, 2.45) is 0 Å². The Hall–Kier alpha value is -2.11. The molecule has 1 aliphatic rings. The lowest BCUT2D eigenvalue weighted by atomic mass is 10.1. The van der Waals surface area contributed by atoms with Crippen molar-refractivity contribution in [1.82, 2.24) is 0 Å². The van der Waals surface area contributed by atoms with Gasteiger partial charge >= 0.3 is 0 Å². The zero-order chi connectivity index (χ0) is 11.7. The molecule has 16 heavy (non-hydrogen) atoms. The van der Waals surface area contributed by atoms with Crippen LogP contribution in [0.15, 0.2) is 17.8 Å². The Bertz CT molecular complexity index is 484. The monoisotopic (exact) mass is 225 g/mol. The highest BCUT2D eigenvalue weighted by Crippen LogP contribution is 2.34. The molecule has 1 aromatic rings. The first-order chi connectivity index (χ1) is 7.58. The van der Waals surface area contributed by atoms with Gasteiger partial charge in [0.1, 0.15) is 5.82 Å². The summed E-state index contributed by atoms with van der Waals surface area (Å²) in [6, 6.07) is 2.53. The van der Waals surface area contributed by atoms with E-state index in [4.69, 9.17) is 9.47 Å². The van der Waals surface area contributed by atoms with Gasteiger partial charge in [0.25, 0.3) is 0 Å². The smallest absolute Gasteiger partial charge is 0.243 e. The lowest BCUT2D eigenvalue weighted by molar-refractivity contribution is -0.422. The minimum atomic E-state index is -0.579. The zero-order valence-electron chi connectivity index (χ0n) is 8.40. The van der Waals surface area contributed by atoms with Gasteiger partial charge in [-0.15, -0.1) is 0 Å². The molecule has 1 aromatic carbocycles. The van der Waals surface area contributed by atoms with E-state index in [1.807, 2.05) is 0 Å². The number of halogens is 1. The zero-order valence-corrected chi connectivity index (χ0v) is 8.40. The van der Waals surface area contributed by atoms with Crippen LogP contribution in [0.2, 0.25) is 0 Å². The normalized spacial score (nSPS) is 14.0. The number of benzene rings is 1. The van der Waals surface area contributed by atoms with Crippen molar-refractivity contribution in [3.05, 3.63) is 39.3 Å². The van der Waals surface area contributed by atoms with Crippen LogP contribution in [0.3, 0.4) is 0 Å². The number of hydrogen-bond donors (Lipinski definition) is 0. The van der Waals surface area contributed by atoms with Crippen LogP contribution in [0.25, 0.3) is 6.08 Å². The number of ether oxygens (including phenoxy) is 2. The molecule has 0 saturated carbocycles. The summed E-state index contributed by atoms with van der Waals surface area (Å²) in [5.41, 5.74) is -0.0313. The van der Waals surface area contributed by atoms with Crippen LogP contribution in [0.1, 0.15) is 12.5 Å². The summed E-state index contributed by atoms with van der Waals surface area (Å²) in [5.74, 6) is 0.127. The largest absolute Gasteiger partial charge is 0.454 e. The summed E-state index contributed by atoms with van der Waals surface area (Å²) in [4.78, 5) is 9.83. The van der Waals surface area contributed by atoms with Crippen molar-refractivity contribution >= 4 is 6.08 Å². The summed E-state index contributed by atoms with van der Waals surface area (Å²) in [6.07, 6.45) is 1.15. The van der Waals surface area contributed by atoms with Crippen LogP contribution in [0.4, 0.5) is 4.39 Å². The highest BCUT2D eigenvalue weighted by Gasteiger charge is 2.17. The Kier molecular flexibility index (Phi) is 2.47. The third-order valence-corrected chi connectivity index (χ3v) is 2.14. The van der Waals surface area contributed by atoms with E-state index in [1.54, 1.807) is 0 Å². The molecule has 0 atom stereocenters. The maximum atomic E-state index is 13.5. The SMILES string of the molecule is C/C(=C\c1cc2c(cc1F)OCO2)[N+](=O)[O-]. The molecule has 0 bridgehead atoms. The van der Waals surface area contributed by atoms with Crippen molar-refractivity contribution in [2.45, 2.75) is 6.92 Å². The molecule has 0 aromatic heterocycles. The minimum Gasteiger partial charge on any atom is -0.454 e. The second kappa shape index (κ2) is 3.80. The van der Waals surface area contributed by atoms with Gasteiger partial charge in [0.2, 0.25) is 12.5 Å². The van der Waals surface area contributed by atoms with Crippen LogP contribution in [0.5, 0.6) is 11.5 Å². The number of fused-ring (bicyclic) bond motifs is 1. The average molecular weight is 225 g/mol. The van der Waals surface area contributed by atoms with Gasteiger partial charge in [-0.25, -0.2) is 4.39 Å². The fraction of sp³-hybridized carbons (Fsp3) is 0.200. The summed E-state index contributed by atoms with van der Waals surface area (Å²) in [6.45, 7) is 1.33.